The minimum absolute atomic E-state index is 0.159. The Labute approximate surface area is 161 Å². The van der Waals surface area contributed by atoms with Crippen LogP contribution in [0, 0.1) is 0 Å². The van der Waals surface area contributed by atoms with Crippen LogP contribution >= 0.6 is 0 Å². The van der Waals surface area contributed by atoms with Crippen molar-refractivity contribution in [3.63, 3.8) is 0 Å². The number of ether oxygens (including phenoxy) is 3. The van der Waals surface area contributed by atoms with Crippen LogP contribution in [-0.2, 0) is 6.61 Å². The smallest absolute Gasteiger partial charge is 0.339 e. The molecule has 0 radical (unpaired) electrons. The zero-order valence-electron chi connectivity index (χ0n) is 14.9. The Balaban J connectivity index is 1.50. The molecule has 6 heteroatoms. The van der Waals surface area contributed by atoms with Crippen molar-refractivity contribution in [1.82, 2.24) is 0 Å². The minimum Gasteiger partial charge on any atom is -0.507 e. The molecule has 0 fully saturated rings. The Kier molecular flexibility index (Phi) is 4.76. The van der Waals surface area contributed by atoms with Gasteiger partial charge in [0.05, 0.1) is 0 Å². The molecule has 0 aliphatic carbocycles. The summed E-state index contributed by atoms with van der Waals surface area (Å²) in [6.45, 7) is 1.38. The van der Waals surface area contributed by atoms with Crippen LogP contribution in [0.25, 0.3) is 11.1 Å². The number of carbonyl (C=O) groups is 1. The van der Waals surface area contributed by atoms with Gasteiger partial charge < -0.3 is 24.4 Å². The lowest BCUT2D eigenvalue weighted by Gasteiger charge is -2.19. The Bertz CT molecular complexity index is 1030. The second-order valence-electron chi connectivity index (χ2n) is 6.33. The summed E-state index contributed by atoms with van der Waals surface area (Å²) in [6.07, 6.45) is 0. The molecule has 0 atom stereocenters. The maximum atomic E-state index is 11.0. The van der Waals surface area contributed by atoms with Gasteiger partial charge in [-0.3, -0.25) is 0 Å². The van der Waals surface area contributed by atoms with Crippen LogP contribution in [0.1, 0.15) is 15.9 Å². The Morgan fingerprint density at radius 1 is 0.929 bits per heavy atom. The van der Waals surface area contributed by atoms with Crippen LogP contribution < -0.4 is 14.2 Å². The molecular formula is C22H18O6. The quantitative estimate of drug-likeness (QED) is 0.695. The topological polar surface area (TPSA) is 85.2 Å². The predicted octanol–water partition coefficient (Wildman–Crippen LogP) is 4.11. The van der Waals surface area contributed by atoms with Crippen LogP contribution in [0.4, 0.5) is 0 Å². The number of rotatable bonds is 5. The molecule has 0 aromatic heterocycles. The molecule has 0 saturated heterocycles. The molecule has 1 aliphatic heterocycles. The van der Waals surface area contributed by atoms with Gasteiger partial charge in [0.25, 0.3) is 0 Å². The van der Waals surface area contributed by atoms with Crippen LogP contribution in [0.3, 0.4) is 0 Å². The van der Waals surface area contributed by atoms with Gasteiger partial charge in [-0.2, -0.15) is 0 Å². The molecule has 0 saturated carbocycles. The number of carboxylic acid groups (broad SMARTS) is 1. The fourth-order valence-electron chi connectivity index (χ4n) is 3.01. The molecule has 0 spiro atoms. The van der Waals surface area contributed by atoms with Gasteiger partial charge >= 0.3 is 5.97 Å². The van der Waals surface area contributed by atoms with E-state index in [0.717, 1.165) is 28.2 Å². The highest BCUT2D eigenvalue weighted by Gasteiger charge is 2.13. The van der Waals surface area contributed by atoms with Gasteiger partial charge in [0.15, 0.2) is 11.5 Å². The third-order valence-electron chi connectivity index (χ3n) is 4.41. The molecule has 3 aromatic carbocycles. The first-order valence-corrected chi connectivity index (χ1v) is 8.78. The molecule has 0 amide bonds. The molecule has 1 aliphatic rings. The average molecular weight is 378 g/mol. The molecule has 4 rings (SSSR count). The number of fused-ring (bicyclic) bond motifs is 1. The van der Waals surface area contributed by atoms with E-state index in [4.69, 9.17) is 19.3 Å². The van der Waals surface area contributed by atoms with Gasteiger partial charge in [-0.05, 0) is 47.0 Å². The lowest BCUT2D eigenvalue weighted by atomic mass is 10.0. The van der Waals surface area contributed by atoms with Crippen LogP contribution in [0.5, 0.6) is 23.0 Å². The number of carboxylic acids is 1. The number of hydrogen-bond donors (Lipinski definition) is 2. The summed E-state index contributed by atoms with van der Waals surface area (Å²) < 4.78 is 16.9. The number of hydrogen-bond acceptors (Lipinski definition) is 5. The van der Waals surface area contributed by atoms with E-state index in [2.05, 4.69) is 0 Å². The van der Waals surface area contributed by atoms with Crippen LogP contribution in [0.2, 0.25) is 0 Å². The molecule has 1 heterocycles. The van der Waals surface area contributed by atoms with Crippen molar-refractivity contribution in [2.45, 2.75) is 6.61 Å². The third-order valence-corrected chi connectivity index (χ3v) is 4.41. The first-order chi connectivity index (χ1) is 13.6. The van der Waals surface area contributed by atoms with Gasteiger partial charge in [0.2, 0.25) is 0 Å². The highest BCUT2D eigenvalue weighted by atomic mass is 16.6. The van der Waals surface area contributed by atoms with Crippen molar-refractivity contribution < 1.29 is 29.2 Å². The molecule has 142 valence electrons. The lowest BCUT2D eigenvalue weighted by Crippen LogP contribution is -2.15. The van der Waals surface area contributed by atoms with E-state index in [9.17, 15) is 9.90 Å². The van der Waals surface area contributed by atoms with Gasteiger partial charge in [-0.15, -0.1) is 0 Å². The highest BCUT2D eigenvalue weighted by Crippen LogP contribution is 2.34. The molecule has 0 unspecified atom stereocenters. The van der Waals surface area contributed by atoms with Crippen molar-refractivity contribution >= 4 is 5.97 Å². The SMILES string of the molecule is O=C(O)c1ccc(OCc2cccc(-c3ccc4c(c3)OCCO4)c2)cc1O. The van der Waals surface area contributed by atoms with E-state index in [-0.39, 0.29) is 17.9 Å². The normalized spacial score (nSPS) is 12.4. The lowest BCUT2D eigenvalue weighted by molar-refractivity contribution is 0.0693. The van der Waals surface area contributed by atoms with E-state index < -0.39 is 5.97 Å². The fourth-order valence-corrected chi connectivity index (χ4v) is 3.01. The zero-order valence-corrected chi connectivity index (χ0v) is 14.9. The minimum atomic E-state index is -1.18. The van der Waals surface area contributed by atoms with Crippen molar-refractivity contribution in [3.8, 4) is 34.1 Å². The van der Waals surface area contributed by atoms with Crippen LogP contribution in [-0.4, -0.2) is 29.4 Å². The molecular weight excluding hydrogens is 360 g/mol. The molecule has 2 N–H and O–H groups in total. The third kappa shape index (κ3) is 3.71. The van der Waals surface area contributed by atoms with Gasteiger partial charge in [0, 0.05) is 6.07 Å². The van der Waals surface area contributed by atoms with E-state index >= 15 is 0 Å². The van der Waals surface area contributed by atoms with Gasteiger partial charge in [-0.1, -0.05) is 24.3 Å². The Hall–Kier alpha value is -3.67. The van der Waals surface area contributed by atoms with E-state index in [1.807, 2.05) is 42.5 Å². The standard InChI is InChI=1S/C22H18O6/c23-19-12-17(5-6-18(19)22(24)25)28-13-14-2-1-3-15(10-14)16-4-7-20-21(11-16)27-9-8-26-20/h1-7,10-12,23H,8-9,13H2,(H,24,25). The summed E-state index contributed by atoms with van der Waals surface area (Å²) in [4.78, 5) is 11.0. The van der Waals surface area contributed by atoms with Gasteiger partial charge in [0.1, 0.15) is 36.9 Å². The fraction of sp³-hybridized carbons (Fsp3) is 0.136. The maximum absolute atomic E-state index is 11.0. The van der Waals surface area contributed by atoms with Crippen LogP contribution in [0.15, 0.2) is 60.7 Å². The van der Waals surface area contributed by atoms with Crippen molar-refractivity contribution in [2.75, 3.05) is 13.2 Å². The largest absolute Gasteiger partial charge is 0.507 e. The summed E-state index contributed by atoms with van der Waals surface area (Å²) in [5.74, 6) is 0.372. The Morgan fingerprint density at radius 2 is 1.71 bits per heavy atom. The zero-order chi connectivity index (χ0) is 19.5. The summed E-state index contributed by atoms with van der Waals surface area (Å²) in [5.41, 5.74) is 2.80. The van der Waals surface area contributed by atoms with E-state index in [1.54, 1.807) is 0 Å². The summed E-state index contributed by atoms with van der Waals surface area (Å²) in [5, 5.41) is 18.7. The summed E-state index contributed by atoms with van der Waals surface area (Å²) in [6, 6.07) is 17.9. The van der Waals surface area contributed by atoms with Crippen molar-refractivity contribution in [2.24, 2.45) is 0 Å². The molecule has 28 heavy (non-hydrogen) atoms. The number of benzene rings is 3. The first-order valence-electron chi connectivity index (χ1n) is 8.78. The molecule has 3 aromatic rings. The second kappa shape index (κ2) is 7.52. The number of phenols is 1. The molecule has 6 nitrogen and oxygen atoms in total. The monoisotopic (exact) mass is 378 g/mol. The van der Waals surface area contributed by atoms with Gasteiger partial charge in [-0.25, -0.2) is 4.79 Å². The predicted molar refractivity (Wildman–Crippen MR) is 102 cm³/mol. The van der Waals surface area contributed by atoms with E-state index in [0.29, 0.717) is 19.0 Å². The van der Waals surface area contributed by atoms with Crippen molar-refractivity contribution in [3.05, 3.63) is 71.8 Å². The van der Waals surface area contributed by atoms with Crippen molar-refractivity contribution in [1.29, 1.82) is 0 Å². The number of aromatic hydroxyl groups is 1. The first kappa shape index (κ1) is 17.7. The maximum Gasteiger partial charge on any atom is 0.339 e. The van der Waals surface area contributed by atoms with E-state index in [1.165, 1.54) is 18.2 Å². The summed E-state index contributed by atoms with van der Waals surface area (Å²) >= 11 is 0. The summed E-state index contributed by atoms with van der Waals surface area (Å²) in [7, 11) is 0. The Morgan fingerprint density at radius 3 is 2.50 bits per heavy atom. The highest BCUT2D eigenvalue weighted by molar-refractivity contribution is 5.90. The average Bonchev–Trinajstić information content (AvgIpc) is 2.72. The second-order valence-corrected chi connectivity index (χ2v) is 6.33. The molecule has 0 bridgehead atoms. The number of aromatic carboxylic acids is 1.